The number of ether oxygens (including phenoxy) is 3. The zero-order chi connectivity index (χ0) is 30.6. The summed E-state index contributed by atoms with van der Waals surface area (Å²) in [5.41, 5.74) is 5.58. The van der Waals surface area contributed by atoms with Crippen LogP contribution in [0.25, 0.3) is 22.3 Å². The van der Waals surface area contributed by atoms with E-state index < -0.39 is 69.3 Å². The number of aromatic nitrogens is 8. The molecule has 0 radical (unpaired) electrons. The number of imidazole rings is 2. The number of rotatable bonds is 9. The number of anilines is 2. The monoisotopic (exact) mass is 626 g/mol. The zero-order valence-corrected chi connectivity index (χ0v) is 23.3. The molecule has 43 heavy (non-hydrogen) atoms. The third kappa shape index (κ3) is 5.14. The number of nitrogens with one attached hydrogen (secondary N) is 2. The van der Waals surface area contributed by atoms with Crippen LogP contribution in [0.4, 0.5) is 11.8 Å². The average molecular weight is 626 g/mol. The van der Waals surface area contributed by atoms with Gasteiger partial charge in [0, 0.05) is 14.2 Å². The Labute approximate surface area is 239 Å². The first kappa shape index (κ1) is 29.4. The summed E-state index contributed by atoms with van der Waals surface area (Å²) in [6.07, 6.45) is -7.60. The Morgan fingerprint density at radius 2 is 1.74 bits per heavy atom. The Hall–Kier alpha value is -3.63. The molecule has 2 fully saturated rings. The second kappa shape index (κ2) is 11.1. The molecular formula is C21H27N10O11P. The lowest BCUT2D eigenvalue weighted by Crippen LogP contribution is -2.36. The van der Waals surface area contributed by atoms with Crippen molar-refractivity contribution < 1.29 is 48.0 Å². The van der Waals surface area contributed by atoms with E-state index in [1.54, 1.807) is 7.05 Å². The zero-order valence-electron chi connectivity index (χ0n) is 22.4. The highest BCUT2D eigenvalue weighted by molar-refractivity contribution is 7.47. The molecule has 4 aromatic heterocycles. The molecule has 0 bridgehead atoms. The van der Waals surface area contributed by atoms with Gasteiger partial charge < -0.3 is 45.5 Å². The largest absolute Gasteiger partial charge is 0.472 e. The van der Waals surface area contributed by atoms with E-state index in [1.165, 1.54) is 35.2 Å². The highest BCUT2D eigenvalue weighted by Gasteiger charge is 2.51. The van der Waals surface area contributed by atoms with Gasteiger partial charge >= 0.3 is 7.82 Å². The molecule has 6 heterocycles. The minimum absolute atomic E-state index is 0.0240. The Morgan fingerprint density at radius 3 is 2.47 bits per heavy atom. The molecule has 4 aromatic rings. The average Bonchev–Trinajstić information content (AvgIpc) is 3.73. The lowest BCUT2D eigenvalue weighted by Gasteiger charge is -2.23. The van der Waals surface area contributed by atoms with Crippen molar-refractivity contribution in [2.24, 2.45) is 0 Å². The Bertz CT molecular complexity index is 1750. The van der Waals surface area contributed by atoms with Crippen molar-refractivity contribution in [3.05, 3.63) is 29.3 Å². The van der Waals surface area contributed by atoms with Crippen LogP contribution in [0.15, 0.2) is 23.8 Å². The fourth-order valence-corrected chi connectivity index (χ4v) is 5.88. The van der Waals surface area contributed by atoms with E-state index in [4.69, 9.17) is 29.0 Å². The van der Waals surface area contributed by atoms with Gasteiger partial charge in [0.25, 0.3) is 5.56 Å². The van der Waals surface area contributed by atoms with Gasteiger partial charge in [0.2, 0.25) is 5.95 Å². The topological polar surface area (TPSA) is 289 Å². The van der Waals surface area contributed by atoms with Crippen LogP contribution in [0.2, 0.25) is 0 Å². The fourth-order valence-electron chi connectivity index (χ4n) is 4.95. The molecule has 0 saturated carbocycles. The maximum absolute atomic E-state index is 12.9. The molecule has 8 N–H and O–H groups in total. The molecule has 9 atom stereocenters. The van der Waals surface area contributed by atoms with E-state index in [1.807, 2.05) is 0 Å². The number of methoxy groups -OCH3 is 1. The van der Waals surface area contributed by atoms with E-state index in [0.717, 1.165) is 0 Å². The number of nitrogen functional groups attached to an aromatic ring is 1. The van der Waals surface area contributed by atoms with Crippen LogP contribution in [-0.4, -0.2) is 117 Å². The molecular weight excluding hydrogens is 599 g/mol. The molecule has 232 valence electrons. The summed E-state index contributed by atoms with van der Waals surface area (Å²) in [6, 6.07) is 0. The Balaban J connectivity index is 1.14. The molecule has 22 heteroatoms. The summed E-state index contributed by atoms with van der Waals surface area (Å²) >= 11 is 0. The van der Waals surface area contributed by atoms with E-state index in [2.05, 4.69) is 35.2 Å². The molecule has 0 amide bonds. The van der Waals surface area contributed by atoms with Crippen molar-refractivity contribution in [3.8, 4) is 0 Å². The fraction of sp³-hybridized carbons (Fsp3) is 0.524. The third-order valence-corrected chi connectivity index (χ3v) is 7.98. The number of aromatic amines is 1. The van der Waals surface area contributed by atoms with Crippen LogP contribution in [0.5, 0.6) is 0 Å². The minimum atomic E-state index is -4.98. The predicted molar refractivity (Wildman–Crippen MR) is 141 cm³/mol. The van der Waals surface area contributed by atoms with Crippen LogP contribution in [0.3, 0.4) is 0 Å². The number of H-pyrrole nitrogens is 1. The van der Waals surface area contributed by atoms with Crippen LogP contribution in [-0.2, 0) is 27.8 Å². The summed E-state index contributed by atoms with van der Waals surface area (Å²) < 4.78 is 42.4. The summed E-state index contributed by atoms with van der Waals surface area (Å²) in [5, 5.41) is 35.1. The molecule has 0 aliphatic carbocycles. The van der Waals surface area contributed by atoms with Gasteiger partial charge in [0.05, 0.1) is 19.3 Å². The summed E-state index contributed by atoms with van der Waals surface area (Å²) in [5.74, 6) is 0.219. The van der Waals surface area contributed by atoms with Gasteiger partial charge in [-0.05, 0) is 0 Å². The first-order chi connectivity index (χ1) is 20.5. The van der Waals surface area contributed by atoms with Crippen molar-refractivity contribution in [1.82, 2.24) is 39.0 Å². The highest BCUT2D eigenvalue weighted by Crippen LogP contribution is 2.49. The summed E-state index contributed by atoms with van der Waals surface area (Å²) in [7, 11) is -2.12. The van der Waals surface area contributed by atoms with E-state index in [9.17, 15) is 29.6 Å². The first-order valence-corrected chi connectivity index (χ1v) is 14.1. The molecule has 0 aromatic carbocycles. The van der Waals surface area contributed by atoms with Crippen molar-refractivity contribution in [2.45, 2.75) is 49.3 Å². The number of fused-ring (bicyclic) bond motifs is 2. The molecule has 2 aliphatic rings. The van der Waals surface area contributed by atoms with Gasteiger partial charge in [0.1, 0.15) is 36.3 Å². The number of phosphoric ester groups is 1. The molecule has 2 saturated heterocycles. The van der Waals surface area contributed by atoms with Crippen LogP contribution in [0, 0.1) is 0 Å². The van der Waals surface area contributed by atoms with Gasteiger partial charge in [-0.2, -0.15) is 4.98 Å². The molecule has 1 unspecified atom stereocenters. The first-order valence-electron chi connectivity index (χ1n) is 12.6. The van der Waals surface area contributed by atoms with E-state index in [0.29, 0.717) is 17.0 Å². The van der Waals surface area contributed by atoms with Crippen LogP contribution in [0.1, 0.15) is 12.5 Å². The quantitative estimate of drug-likeness (QED) is 0.0950. The van der Waals surface area contributed by atoms with Crippen molar-refractivity contribution in [3.63, 3.8) is 0 Å². The van der Waals surface area contributed by atoms with Gasteiger partial charge in [-0.1, -0.05) is 0 Å². The van der Waals surface area contributed by atoms with Crippen molar-refractivity contribution in [1.29, 1.82) is 0 Å². The van der Waals surface area contributed by atoms with E-state index >= 15 is 0 Å². The third-order valence-electron chi connectivity index (χ3n) is 6.99. The Morgan fingerprint density at radius 1 is 1.05 bits per heavy atom. The van der Waals surface area contributed by atoms with Gasteiger partial charge in [-0.15, -0.1) is 0 Å². The molecule has 6 rings (SSSR count). The minimum Gasteiger partial charge on any atom is -0.387 e. The van der Waals surface area contributed by atoms with Gasteiger partial charge in [0.15, 0.2) is 47.5 Å². The number of phosphoric acid groups is 1. The number of hydrogen-bond donors (Lipinski definition) is 7. The van der Waals surface area contributed by atoms with Gasteiger partial charge in [-0.25, -0.2) is 24.5 Å². The van der Waals surface area contributed by atoms with E-state index in [-0.39, 0.29) is 17.1 Å². The second-order valence-electron chi connectivity index (χ2n) is 9.57. The van der Waals surface area contributed by atoms with Gasteiger partial charge in [-0.3, -0.25) is 28.0 Å². The normalized spacial score (nSPS) is 30.7. The van der Waals surface area contributed by atoms with Crippen molar-refractivity contribution >= 4 is 41.9 Å². The Kier molecular flexibility index (Phi) is 7.62. The highest BCUT2D eigenvalue weighted by atomic mass is 31.2. The maximum Gasteiger partial charge on any atom is 0.472 e. The lowest BCUT2D eigenvalue weighted by molar-refractivity contribution is -0.159. The number of aliphatic hydroxyl groups excluding tert-OH is 3. The SMILES string of the molecule is CNc1ncnc2c1ncn2[C@@H]1O[C@H](COP(=O)(O)O[C@H]2[C@@H](OC)O[C@@H](n3cnc4c(=O)[nH]c(N)nc43)[C@H]2O)[C@H](O)[C@@H]1O. The molecule has 0 spiro atoms. The van der Waals surface area contributed by atoms with Crippen LogP contribution < -0.4 is 16.6 Å². The number of nitrogens with zero attached hydrogens (tertiary/aromatic N) is 7. The summed E-state index contributed by atoms with van der Waals surface area (Å²) in [4.78, 5) is 45.3. The number of aliphatic hydroxyl groups is 3. The van der Waals surface area contributed by atoms with Crippen LogP contribution >= 0.6 is 7.82 Å². The second-order valence-corrected chi connectivity index (χ2v) is 11.0. The molecule has 2 aliphatic heterocycles. The lowest BCUT2D eigenvalue weighted by atomic mass is 10.1. The number of nitrogens with two attached hydrogens (primary N) is 1. The summed E-state index contributed by atoms with van der Waals surface area (Å²) in [6.45, 7) is -0.700. The molecule has 21 nitrogen and oxygen atoms in total. The maximum atomic E-state index is 12.9. The standard InChI is InChI=1S/C21H27N10O11P/c1-23-14-8-15(25-4-24-14)30(5-26-8)18-11(33)10(32)7(40-18)3-39-43(36,37)42-13-12(34)19(41-20(13)38-2)31-6-27-9-16(31)28-21(22)29-17(9)35/h4-7,10-13,18-20,32-34H,3H2,1-2H3,(H,36,37)(H,23,24,25)(H3,22,28,29,35)/t7-,10+,11+,12+,13-,18-,19-,20+/m1/s1. The smallest absolute Gasteiger partial charge is 0.387 e. The predicted octanol–water partition coefficient (Wildman–Crippen LogP) is -2.43. The van der Waals surface area contributed by atoms with Crippen molar-refractivity contribution in [2.75, 3.05) is 31.8 Å². The number of hydrogen-bond acceptors (Lipinski definition) is 17.